The van der Waals surface area contributed by atoms with Gasteiger partial charge in [-0.3, -0.25) is 0 Å². The van der Waals surface area contributed by atoms with E-state index in [4.69, 9.17) is 0 Å². The number of tetrazole rings is 1. The molecule has 9 heteroatoms. The third kappa shape index (κ3) is 2.71. The molecule has 0 atom stereocenters. The Balaban J connectivity index is 0.000000810. The Labute approximate surface area is 76.8 Å². The third-order valence-corrected chi connectivity index (χ3v) is 0.537. The van der Waals surface area contributed by atoms with Gasteiger partial charge < -0.3 is 0 Å². The summed E-state index contributed by atoms with van der Waals surface area (Å²) in [4.78, 5) is 9.64. The number of nitro groups is 1. The molecule has 0 amide bonds. The van der Waals surface area contributed by atoms with Gasteiger partial charge in [0.25, 0.3) is 0 Å². The predicted octanol–water partition coefficient (Wildman–Crippen LogP) is -1.58. The summed E-state index contributed by atoms with van der Waals surface area (Å²) in [6.07, 6.45) is 0. The minimum atomic E-state index is -0.773. The largest absolute Gasteiger partial charge is 0.323 e. The average Bonchev–Trinajstić information content (AvgIpc) is 2.15. The molecule has 49 valence electrons. The van der Waals surface area contributed by atoms with Gasteiger partial charge in [0.15, 0.2) is 5.03 Å². The van der Waals surface area contributed by atoms with E-state index in [2.05, 4.69) is 20.6 Å². The van der Waals surface area contributed by atoms with Crippen LogP contribution in [-0.4, -0.2) is 55.2 Å². The molecule has 2 N–H and O–H groups in total. The Morgan fingerprint density at radius 3 is 2.80 bits per heavy atom. The molecule has 10 heavy (non-hydrogen) atoms. The summed E-state index contributed by atoms with van der Waals surface area (Å²) in [5, 5.41) is 20.5. The Morgan fingerprint density at radius 2 is 2.40 bits per heavy atom. The van der Waals surface area contributed by atoms with Crippen LogP contribution in [0.4, 0.5) is 5.95 Å². The first-order chi connectivity index (χ1) is 4.29. The molecule has 0 bridgehead atoms. The maximum Gasteiger partial charge on any atom is 0.323 e. The zero-order chi connectivity index (χ0) is 6.69. The minimum absolute atomic E-state index is 0. The van der Waals surface area contributed by atoms with Crippen LogP contribution in [0.25, 0.3) is 0 Å². The number of hydrazine groups is 1. The second-order valence-electron chi connectivity index (χ2n) is 1.10. The molecular weight excluding hydrogens is 151 g/mol. The summed E-state index contributed by atoms with van der Waals surface area (Å²) >= 11 is 0. The number of hydrogen-bond acceptors (Lipinski definition) is 5. The van der Waals surface area contributed by atoms with Crippen molar-refractivity contribution in [3.8, 4) is 0 Å². The van der Waals surface area contributed by atoms with Gasteiger partial charge in [0.05, 0.1) is 0 Å². The first kappa shape index (κ1) is 9.27. The van der Waals surface area contributed by atoms with Crippen LogP contribution in [0.3, 0.4) is 0 Å². The predicted molar refractivity (Wildman–Crippen MR) is 30.5 cm³/mol. The van der Waals surface area contributed by atoms with E-state index in [-0.39, 0.29) is 35.5 Å². The maximum absolute atomic E-state index is 9.64. The van der Waals surface area contributed by atoms with Crippen LogP contribution in [0.1, 0.15) is 0 Å². The molecule has 1 heterocycles. The summed E-state index contributed by atoms with van der Waals surface area (Å²) in [5.41, 5.74) is 1.69. The van der Waals surface area contributed by atoms with E-state index in [9.17, 15) is 10.1 Å². The second-order valence-corrected chi connectivity index (χ2v) is 1.10. The summed E-state index contributed by atoms with van der Waals surface area (Å²) in [5.74, 6) is -0.153. The Hall–Kier alpha value is -0.730. The number of aromatic amines is 1. The Morgan fingerprint density at radius 1 is 1.70 bits per heavy atom. The van der Waals surface area contributed by atoms with Gasteiger partial charge >= 0.3 is 5.95 Å². The molecule has 0 spiro atoms. The van der Waals surface area contributed by atoms with E-state index in [1.54, 1.807) is 5.43 Å². The van der Waals surface area contributed by atoms with Gasteiger partial charge in [0, 0.05) is 29.6 Å². The van der Waals surface area contributed by atoms with Crippen molar-refractivity contribution in [3.05, 3.63) is 10.1 Å². The molecule has 0 aromatic carbocycles. The van der Waals surface area contributed by atoms with Crippen LogP contribution in [-0.2, 0) is 0 Å². The molecule has 1 radical (unpaired) electrons. The van der Waals surface area contributed by atoms with Crippen LogP contribution in [0, 0.1) is 10.1 Å². The molecule has 0 aliphatic rings. The summed E-state index contributed by atoms with van der Waals surface area (Å²) in [7, 11) is 0. The van der Waals surface area contributed by atoms with Gasteiger partial charge in [-0.25, -0.2) is 10.1 Å². The molecule has 8 nitrogen and oxygen atoms in total. The van der Waals surface area contributed by atoms with Crippen molar-refractivity contribution in [1.82, 2.24) is 20.6 Å². The van der Waals surface area contributed by atoms with Crippen LogP contribution >= 0.6 is 0 Å². The average molecular weight is 153 g/mol. The van der Waals surface area contributed by atoms with Gasteiger partial charge in [-0.15, -0.1) is 5.10 Å². The van der Waals surface area contributed by atoms with Crippen molar-refractivity contribution in [2.45, 2.75) is 0 Å². The molecule has 0 aliphatic heterocycles. The van der Waals surface area contributed by atoms with Crippen molar-refractivity contribution >= 4 is 35.5 Å². The normalized spacial score (nSPS) is 8.00. The standard InChI is InChI=1S/CH2N6O2.Na/c8-7(9)4-1-2-5-6-3-1;/h(H2,2,3,4,5,6);. The monoisotopic (exact) mass is 153 g/mol. The van der Waals surface area contributed by atoms with E-state index < -0.39 is 5.03 Å². The molecule has 0 saturated carbocycles. The Kier molecular flexibility index (Phi) is 3.84. The maximum atomic E-state index is 9.64. The molecular formula is CH2N6NaO2. The molecule has 1 aromatic rings. The van der Waals surface area contributed by atoms with E-state index in [0.29, 0.717) is 0 Å². The van der Waals surface area contributed by atoms with Crippen molar-refractivity contribution in [2.75, 3.05) is 5.43 Å². The van der Waals surface area contributed by atoms with Gasteiger partial charge in [0.2, 0.25) is 0 Å². The number of nitrogens with zero attached hydrogens (tertiary/aromatic N) is 4. The number of anilines is 1. The fraction of sp³-hybridized carbons (Fsp3) is 0. The second kappa shape index (κ2) is 4.14. The molecule has 0 saturated heterocycles. The van der Waals surface area contributed by atoms with Crippen molar-refractivity contribution in [3.63, 3.8) is 0 Å². The molecule has 1 rings (SSSR count). The molecule has 0 fully saturated rings. The number of hydrogen-bond donors (Lipinski definition) is 2. The fourth-order valence-electron chi connectivity index (χ4n) is 0.291. The SMILES string of the molecule is O=[N+]([O-])Nc1nn[nH]n1.[Na]. The topological polar surface area (TPSA) is 110 Å². The molecule has 0 unspecified atom stereocenters. The van der Waals surface area contributed by atoms with Crippen LogP contribution in [0.2, 0.25) is 0 Å². The first-order valence-electron chi connectivity index (χ1n) is 1.93. The van der Waals surface area contributed by atoms with Gasteiger partial charge in [-0.2, -0.15) is 5.21 Å². The van der Waals surface area contributed by atoms with Crippen LogP contribution in [0.15, 0.2) is 0 Å². The van der Waals surface area contributed by atoms with Crippen molar-refractivity contribution < 1.29 is 5.03 Å². The fourth-order valence-corrected chi connectivity index (χ4v) is 0.291. The zero-order valence-corrected chi connectivity index (χ0v) is 7.11. The third-order valence-electron chi connectivity index (χ3n) is 0.537. The quantitative estimate of drug-likeness (QED) is 0.301. The molecule has 1 aromatic heterocycles. The van der Waals surface area contributed by atoms with E-state index >= 15 is 0 Å². The summed E-state index contributed by atoms with van der Waals surface area (Å²) in [6, 6.07) is 0. The van der Waals surface area contributed by atoms with E-state index in [0.717, 1.165) is 0 Å². The molecule has 0 aliphatic carbocycles. The van der Waals surface area contributed by atoms with E-state index in [1.165, 1.54) is 0 Å². The smallest absolute Gasteiger partial charge is 0.234 e. The first-order valence-corrected chi connectivity index (χ1v) is 1.93. The number of H-pyrrole nitrogens is 1. The van der Waals surface area contributed by atoms with Gasteiger partial charge in [-0.05, 0) is 5.21 Å². The summed E-state index contributed by atoms with van der Waals surface area (Å²) in [6.45, 7) is 0. The van der Waals surface area contributed by atoms with Gasteiger partial charge in [-0.1, -0.05) is 10.5 Å². The zero-order valence-electron chi connectivity index (χ0n) is 5.11. The number of rotatable bonds is 2. The number of nitrogens with one attached hydrogen (secondary N) is 2. The van der Waals surface area contributed by atoms with E-state index in [1.807, 2.05) is 0 Å². The minimum Gasteiger partial charge on any atom is -0.234 e. The summed E-state index contributed by atoms with van der Waals surface area (Å²) < 4.78 is 0. The number of aromatic nitrogens is 4. The van der Waals surface area contributed by atoms with Crippen LogP contribution < -0.4 is 5.43 Å². The van der Waals surface area contributed by atoms with Gasteiger partial charge in [0.1, 0.15) is 0 Å². The van der Waals surface area contributed by atoms with Crippen LogP contribution in [0.5, 0.6) is 0 Å². The Bertz CT molecular complexity index is 196. The van der Waals surface area contributed by atoms with Crippen molar-refractivity contribution in [2.24, 2.45) is 0 Å². The van der Waals surface area contributed by atoms with Crippen molar-refractivity contribution in [1.29, 1.82) is 0 Å².